The van der Waals surface area contributed by atoms with E-state index in [9.17, 15) is 9.59 Å². The summed E-state index contributed by atoms with van der Waals surface area (Å²) in [5.74, 6) is 5.71. The van der Waals surface area contributed by atoms with Crippen LogP contribution in [0.4, 0.5) is 0 Å². The number of carbonyl (C=O) groups is 2. The number of hydrogen-bond donors (Lipinski definition) is 0. The van der Waals surface area contributed by atoms with Gasteiger partial charge in [0.2, 0.25) is 0 Å². The van der Waals surface area contributed by atoms with E-state index in [1.807, 2.05) is 6.92 Å². The van der Waals surface area contributed by atoms with Crippen LogP contribution in [0.1, 0.15) is 65.2 Å². The molecule has 3 heteroatoms. The van der Waals surface area contributed by atoms with Crippen molar-refractivity contribution in [2.75, 3.05) is 5.75 Å². The fourth-order valence-electron chi connectivity index (χ4n) is 8.23. The van der Waals surface area contributed by atoms with Crippen LogP contribution in [0, 0.1) is 40.4 Å². The maximum atomic E-state index is 12.2. The van der Waals surface area contributed by atoms with Crippen molar-refractivity contribution in [3.63, 3.8) is 0 Å². The Bertz CT molecular complexity index is 601. The Labute approximate surface area is 149 Å². The van der Waals surface area contributed by atoms with Gasteiger partial charge in [0.15, 0.2) is 0 Å². The van der Waals surface area contributed by atoms with E-state index in [0.29, 0.717) is 28.8 Å². The Morgan fingerprint density at radius 1 is 1.12 bits per heavy atom. The molecular formula is C21H30O2S. The SMILES string of the molecule is CC(=O)[C@H]1CCC2C3C[C@@H]4SC[C@@]5(CCC(=O)C[C@H]45)C3CC[C@@]21C. The van der Waals surface area contributed by atoms with E-state index in [0.717, 1.165) is 42.3 Å². The topological polar surface area (TPSA) is 34.1 Å². The number of Topliss-reactive ketones (excluding diaryl/α,β-unsaturated/α-hetero) is 2. The summed E-state index contributed by atoms with van der Waals surface area (Å²) in [6, 6.07) is 0. The summed E-state index contributed by atoms with van der Waals surface area (Å²) >= 11 is 2.20. The van der Waals surface area contributed by atoms with Crippen molar-refractivity contribution >= 4 is 23.3 Å². The Morgan fingerprint density at radius 2 is 1.96 bits per heavy atom. The van der Waals surface area contributed by atoms with E-state index in [-0.39, 0.29) is 5.41 Å². The van der Waals surface area contributed by atoms with E-state index < -0.39 is 0 Å². The maximum absolute atomic E-state index is 12.2. The first-order valence-electron chi connectivity index (χ1n) is 10.1. The molecule has 8 atom stereocenters. The average molecular weight is 347 g/mol. The minimum absolute atomic E-state index is 0.269. The summed E-state index contributed by atoms with van der Waals surface area (Å²) in [7, 11) is 0. The zero-order valence-corrected chi connectivity index (χ0v) is 15.9. The Morgan fingerprint density at radius 3 is 2.75 bits per heavy atom. The predicted molar refractivity (Wildman–Crippen MR) is 96.9 cm³/mol. The van der Waals surface area contributed by atoms with Crippen LogP contribution >= 0.6 is 11.8 Å². The molecule has 1 heterocycles. The van der Waals surface area contributed by atoms with E-state index in [1.165, 1.54) is 37.9 Å². The highest BCUT2D eigenvalue weighted by Crippen LogP contribution is 2.71. The standard InChI is InChI=1S/C21H30O2S/c1-12(22)15-3-4-16-14-10-19-18-9-13(23)5-8-21(18,11-24-19)17(14)6-7-20(15,16)2/h14-19H,3-11H2,1-2H3/t14?,15-,16?,17?,18-,19+,20-,21+/m1/s1. The second-order valence-electron chi connectivity index (χ2n) is 9.83. The summed E-state index contributed by atoms with van der Waals surface area (Å²) in [5.41, 5.74) is 0.743. The molecular weight excluding hydrogens is 316 g/mol. The van der Waals surface area contributed by atoms with Crippen molar-refractivity contribution in [1.29, 1.82) is 0 Å². The van der Waals surface area contributed by atoms with Gasteiger partial charge in [-0.2, -0.15) is 11.8 Å². The van der Waals surface area contributed by atoms with Crippen LogP contribution in [0.3, 0.4) is 0 Å². The van der Waals surface area contributed by atoms with Crippen LogP contribution in [0.15, 0.2) is 0 Å². The summed E-state index contributed by atoms with van der Waals surface area (Å²) in [4.78, 5) is 24.3. The molecule has 2 bridgehead atoms. The lowest BCUT2D eigenvalue weighted by atomic mass is 9.44. The fourth-order valence-corrected chi connectivity index (χ4v) is 10.3. The zero-order chi connectivity index (χ0) is 16.7. The number of ketones is 2. The first-order valence-corrected chi connectivity index (χ1v) is 11.1. The van der Waals surface area contributed by atoms with Crippen LogP contribution in [0.5, 0.6) is 0 Å². The van der Waals surface area contributed by atoms with Crippen molar-refractivity contribution in [2.24, 2.45) is 40.4 Å². The second kappa shape index (κ2) is 5.11. The lowest BCUT2D eigenvalue weighted by Gasteiger charge is -2.59. The van der Waals surface area contributed by atoms with Crippen LogP contribution in [0.2, 0.25) is 0 Å². The molecule has 1 saturated heterocycles. The van der Waals surface area contributed by atoms with Gasteiger partial charge in [-0.25, -0.2) is 0 Å². The predicted octanol–water partition coefficient (Wildman–Crippen LogP) is 4.51. The molecule has 4 aliphatic carbocycles. The van der Waals surface area contributed by atoms with Gasteiger partial charge in [0, 0.05) is 24.0 Å². The van der Waals surface area contributed by atoms with Crippen molar-refractivity contribution in [3.8, 4) is 0 Å². The van der Waals surface area contributed by atoms with Crippen LogP contribution in [-0.2, 0) is 9.59 Å². The molecule has 5 rings (SSSR count). The monoisotopic (exact) mass is 346 g/mol. The van der Waals surface area contributed by atoms with Crippen molar-refractivity contribution in [3.05, 3.63) is 0 Å². The molecule has 1 aliphatic heterocycles. The number of hydrogen-bond acceptors (Lipinski definition) is 3. The van der Waals surface area contributed by atoms with Gasteiger partial charge in [-0.1, -0.05) is 6.92 Å². The van der Waals surface area contributed by atoms with Gasteiger partial charge in [-0.05, 0) is 85.7 Å². The molecule has 0 aromatic heterocycles. The molecule has 0 N–H and O–H groups in total. The quantitative estimate of drug-likeness (QED) is 0.700. The van der Waals surface area contributed by atoms with Crippen molar-refractivity contribution < 1.29 is 9.59 Å². The van der Waals surface area contributed by atoms with Crippen molar-refractivity contribution in [1.82, 2.24) is 0 Å². The first-order chi connectivity index (χ1) is 11.5. The molecule has 0 radical (unpaired) electrons. The highest BCUT2D eigenvalue weighted by molar-refractivity contribution is 8.00. The molecule has 2 nitrogen and oxygen atoms in total. The van der Waals surface area contributed by atoms with E-state index in [2.05, 4.69) is 18.7 Å². The van der Waals surface area contributed by atoms with Gasteiger partial charge in [-0.15, -0.1) is 0 Å². The summed E-state index contributed by atoms with van der Waals surface area (Å²) in [6.07, 6.45) is 9.19. The molecule has 0 amide bonds. The molecule has 5 fully saturated rings. The molecule has 0 spiro atoms. The Hall–Kier alpha value is -0.310. The van der Waals surface area contributed by atoms with Crippen LogP contribution in [0.25, 0.3) is 0 Å². The maximum Gasteiger partial charge on any atom is 0.133 e. The van der Waals surface area contributed by atoms with Gasteiger partial charge in [0.25, 0.3) is 0 Å². The molecule has 3 unspecified atom stereocenters. The molecule has 24 heavy (non-hydrogen) atoms. The highest BCUT2D eigenvalue weighted by Gasteiger charge is 2.66. The fraction of sp³-hybridized carbons (Fsp3) is 0.905. The number of fused-ring (bicyclic) bond motifs is 3. The van der Waals surface area contributed by atoms with E-state index in [1.54, 1.807) is 0 Å². The van der Waals surface area contributed by atoms with Crippen molar-refractivity contribution in [2.45, 2.75) is 70.5 Å². The Kier molecular flexibility index (Phi) is 3.39. The van der Waals surface area contributed by atoms with Gasteiger partial charge >= 0.3 is 0 Å². The minimum Gasteiger partial charge on any atom is -0.300 e. The smallest absolute Gasteiger partial charge is 0.133 e. The average Bonchev–Trinajstić information content (AvgIpc) is 3.02. The second-order valence-corrected chi connectivity index (χ2v) is 11.1. The molecule has 0 aromatic rings. The minimum atomic E-state index is 0.269. The third kappa shape index (κ3) is 1.86. The summed E-state index contributed by atoms with van der Waals surface area (Å²) in [5, 5.41) is 0.731. The zero-order valence-electron chi connectivity index (χ0n) is 15.1. The third-order valence-electron chi connectivity index (χ3n) is 9.24. The molecule has 132 valence electrons. The van der Waals surface area contributed by atoms with E-state index >= 15 is 0 Å². The summed E-state index contributed by atoms with van der Waals surface area (Å²) < 4.78 is 0. The molecule has 0 aromatic carbocycles. The number of carbonyl (C=O) groups excluding carboxylic acids is 2. The van der Waals surface area contributed by atoms with Gasteiger partial charge < -0.3 is 0 Å². The first kappa shape index (κ1) is 15.9. The third-order valence-corrected chi connectivity index (χ3v) is 10.9. The molecule has 5 aliphatic rings. The summed E-state index contributed by atoms with van der Waals surface area (Å²) in [6.45, 7) is 4.27. The lowest BCUT2D eigenvalue weighted by Crippen LogP contribution is -2.56. The highest BCUT2D eigenvalue weighted by atomic mass is 32.2. The lowest BCUT2D eigenvalue weighted by molar-refractivity contribution is -0.139. The van der Waals surface area contributed by atoms with Crippen LogP contribution < -0.4 is 0 Å². The van der Waals surface area contributed by atoms with Gasteiger partial charge in [0.1, 0.15) is 11.6 Å². The number of rotatable bonds is 1. The Balaban J connectivity index is 1.50. The van der Waals surface area contributed by atoms with E-state index in [4.69, 9.17) is 0 Å². The molecule has 4 saturated carbocycles. The van der Waals surface area contributed by atoms with Gasteiger partial charge in [-0.3, -0.25) is 9.59 Å². The van der Waals surface area contributed by atoms with Gasteiger partial charge in [0.05, 0.1) is 0 Å². The number of thioether (sulfide) groups is 1. The normalized spacial score (nSPS) is 55.7. The largest absolute Gasteiger partial charge is 0.300 e. The van der Waals surface area contributed by atoms with Crippen LogP contribution in [-0.4, -0.2) is 22.6 Å².